The average molecular weight is 1560 g/mol. The van der Waals surface area contributed by atoms with Crippen LogP contribution in [0.5, 0.6) is 0 Å². The number of nitrogens with zero attached hydrogens (tertiary/aromatic N) is 1. The number of β-amino-alcohol motifs (C(OH)–C–C–N with tert-alkyl or cyclic N) is 1. The molecule has 4 aliphatic rings. The van der Waals surface area contributed by atoms with Gasteiger partial charge in [-0.05, 0) is 26.2 Å². The second-order valence-electron chi connectivity index (χ2n) is 26.4. The van der Waals surface area contributed by atoms with Crippen molar-refractivity contribution in [1.29, 1.82) is 0 Å². The van der Waals surface area contributed by atoms with Crippen LogP contribution in [-0.2, 0) is 95.0 Å². The normalized spacial score (nSPS) is 27.7. The van der Waals surface area contributed by atoms with E-state index in [1.54, 1.807) is 4.90 Å². The topological polar surface area (TPSA) is 551 Å². The summed E-state index contributed by atoms with van der Waals surface area (Å²) in [5, 5.41) is 151. The Kier molecular flexibility index (Phi) is 51.7. The first kappa shape index (κ1) is 96.0. The number of aliphatic hydroxyl groups is 14. The molecule has 18 atom stereocenters. The van der Waals surface area contributed by atoms with Crippen molar-refractivity contribution in [3.8, 4) is 0 Å². The van der Waals surface area contributed by atoms with Crippen molar-refractivity contribution in [2.75, 3.05) is 198 Å². The van der Waals surface area contributed by atoms with Crippen LogP contribution in [0.3, 0.4) is 0 Å². The smallest absolute Gasteiger partial charge is 0.222 e. The van der Waals surface area contributed by atoms with Gasteiger partial charge in [0.05, 0.1) is 177 Å². The first-order valence-electron chi connectivity index (χ1n) is 37.5. The molecule has 4 heterocycles. The molecule has 39 heteroatoms. The maximum absolute atomic E-state index is 13.9. The summed E-state index contributed by atoms with van der Waals surface area (Å²) in [7, 11) is 0. The largest absolute Gasteiger partial charge is 0.394 e. The summed E-state index contributed by atoms with van der Waals surface area (Å²) in [5.41, 5.74) is -1.37. The molecule has 4 fully saturated rings. The summed E-state index contributed by atoms with van der Waals surface area (Å²) in [6.45, 7) is 2.74. The Labute approximate surface area is 625 Å². The summed E-state index contributed by atoms with van der Waals surface area (Å²) in [6, 6.07) is -0.110. The highest BCUT2D eigenvalue weighted by atomic mass is 16.7. The fourth-order valence-electron chi connectivity index (χ4n) is 11.6. The predicted octanol–water partition coefficient (Wildman–Crippen LogP) is -7.35. The van der Waals surface area contributed by atoms with E-state index < -0.39 is 130 Å². The van der Waals surface area contributed by atoms with Crippen LogP contribution in [0.1, 0.15) is 96.8 Å². The van der Waals surface area contributed by atoms with Gasteiger partial charge in [0.1, 0.15) is 85.0 Å². The van der Waals surface area contributed by atoms with Gasteiger partial charge >= 0.3 is 0 Å². The van der Waals surface area contributed by atoms with Crippen LogP contribution >= 0.6 is 0 Å². The van der Waals surface area contributed by atoms with Gasteiger partial charge in [-0.15, -0.1) is 0 Å². The Morgan fingerprint density at radius 1 is 0.421 bits per heavy atom. The molecule has 39 nitrogen and oxygen atoms in total. The maximum Gasteiger partial charge on any atom is 0.222 e. The van der Waals surface area contributed by atoms with Crippen LogP contribution in [0.2, 0.25) is 0 Å². The molecule has 0 bridgehead atoms. The fraction of sp³-hybridized carbons (Fsp3) is 0.941. The lowest BCUT2D eigenvalue weighted by atomic mass is 9.99. The molecule has 0 aromatic heterocycles. The van der Waals surface area contributed by atoms with Gasteiger partial charge in [0.2, 0.25) is 23.6 Å². The summed E-state index contributed by atoms with van der Waals surface area (Å²) in [4.78, 5) is 54.6. The molecule has 4 saturated heterocycles. The Hall–Kier alpha value is -3.36. The zero-order valence-corrected chi connectivity index (χ0v) is 61.9. The van der Waals surface area contributed by atoms with E-state index in [9.17, 15) is 90.7 Å². The average Bonchev–Trinajstić information content (AvgIpc) is 1.60. The highest BCUT2D eigenvalue weighted by Crippen LogP contribution is 2.26. The molecular weight excluding hydrogens is 1430 g/mol. The zero-order chi connectivity index (χ0) is 78.0. The predicted molar refractivity (Wildman–Crippen MR) is 370 cm³/mol. The minimum atomic E-state index is -1.57. The van der Waals surface area contributed by atoms with Gasteiger partial charge in [0.15, 0.2) is 18.9 Å². The Morgan fingerprint density at radius 3 is 1.21 bits per heavy atom. The minimum Gasteiger partial charge on any atom is -0.394 e. The van der Waals surface area contributed by atoms with E-state index in [0.717, 1.165) is 44.9 Å². The number of ether oxygens (including phenoxy) is 16. The number of hydrogen-bond acceptors (Lipinski definition) is 35. The number of aliphatic hydroxyl groups excluding tert-OH is 14. The summed E-state index contributed by atoms with van der Waals surface area (Å²) in [6.07, 6.45) is -15.0. The van der Waals surface area contributed by atoms with E-state index in [1.165, 1.54) is 0 Å². The first-order chi connectivity index (χ1) is 51.7. The fourth-order valence-corrected chi connectivity index (χ4v) is 11.6. The molecule has 0 radical (unpaired) electrons. The first-order valence-corrected chi connectivity index (χ1v) is 37.5. The van der Waals surface area contributed by atoms with E-state index in [1.807, 2.05) is 6.92 Å². The van der Waals surface area contributed by atoms with Gasteiger partial charge in [-0.3, -0.25) is 24.5 Å². The molecular formula is C68H127N5O34. The number of nitrogens with one attached hydrogen (secondary N) is 4. The zero-order valence-electron chi connectivity index (χ0n) is 61.9. The van der Waals surface area contributed by atoms with E-state index in [4.69, 9.17) is 75.8 Å². The molecule has 4 aliphatic heterocycles. The minimum absolute atomic E-state index is 0.00731. The van der Waals surface area contributed by atoms with Crippen molar-refractivity contribution in [3.05, 3.63) is 0 Å². The molecule has 0 saturated carbocycles. The summed E-state index contributed by atoms with van der Waals surface area (Å²) < 4.78 is 89.2. The third-order valence-electron chi connectivity index (χ3n) is 17.7. The van der Waals surface area contributed by atoms with Crippen LogP contribution < -0.4 is 21.3 Å². The summed E-state index contributed by atoms with van der Waals surface area (Å²) >= 11 is 0. The van der Waals surface area contributed by atoms with E-state index in [-0.39, 0.29) is 214 Å². The van der Waals surface area contributed by atoms with E-state index >= 15 is 0 Å². The van der Waals surface area contributed by atoms with Gasteiger partial charge in [0.25, 0.3) is 0 Å². The van der Waals surface area contributed by atoms with Crippen LogP contribution in [0.4, 0.5) is 0 Å². The lowest BCUT2D eigenvalue weighted by Crippen LogP contribution is -2.59. The SMILES string of the molecule is CCOCC1C[C@@H](O)CN1C(=O)CCCCCCCCCCC(=O)NC(COCCC(=O)NCCOCCOCCO[C@H]1OC(CO)[C@@H](O)C(O)C1O)(COCCC(=O)NCCOCCOCCO[C@H]1OC(CO)[C@@H](O)C(O)C1O)COCCC(O)NCCOCCOCCO[C@H]1OC(CO)[C@@H](O)C(O)C1O. The Balaban J connectivity index is 1.25. The molecule has 4 amide bonds. The van der Waals surface area contributed by atoms with Crippen LogP contribution in [0, 0.1) is 0 Å². The van der Waals surface area contributed by atoms with E-state index in [2.05, 4.69) is 21.3 Å². The highest BCUT2D eigenvalue weighted by molar-refractivity contribution is 5.78. The number of rotatable bonds is 64. The molecule has 107 heavy (non-hydrogen) atoms. The molecule has 0 aliphatic carbocycles. The summed E-state index contributed by atoms with van der Waals surface area (Å²) in [5.74, 6) is -1.02. The Morgan fingerprint density at radius 2 is 0.794 bits per heavy atom. The third-order valence-corrected chi connectivity index (χ3v) is 17.7. The molecule has 11 unspecified atom stereocenters. The van der Waals surface area contributed by atoms with Crippen molar-refractivity contribution in [2.45, 2.75) is 213 Å². The number of amides is 4. The third kappa shape index (κ3) is 38.8. The van der Waals surface area contributed by atoms with Crippen molar-refractivity contribution >= 4 is 23.6 Å². The van der Waals surface area contributed by atoms with Crippen LogP contribution in [0.15, 0.2) is 0 Å². The number of unbranched alkanes of at least 4 members (excludes halogenated alkanes) is 7. The van der Waals surface area contributed by atoms with Gasteiger partial charge in [0, 0.05) is 64.9 Å². The number of hydrogen-bond donors (Lipinski definition) is 18. The molecule has 18 N–H and O–H groups in total. The lowest BCUT2D eigenvalue weighted by Gasteiger charge is -2.39. The lowest BCUT2D eigenvalue weighted by molar-refractivity contribution is -0.302. The van der Waals surface area contributed by atoms with Crippen molar-refractivity contribution < 1.29 is 166 Å². The highest BCUT2D eigenvalue weighted by Gasteiger charge is 2.47. The van der Waals surface area contributed by atoms with Gasteiger partial charge in [-0.2, -0.15) is 0 Å². The van der Waals surface area contributed by atoms with Crippen molar-refractivity contribution in [2.24, 2.45) is 0 Å². The van der Waals surface area contributed by atoms with Crippen molar-refractivity contribution in [3.63, 3.8) is 0 Å². The Bertz CT molecular complexity index is 2210. The molecule has 0 spiro atoms. The van der Waals surface area contributed by atoms with Gasteiger partial charge in [-0.25, -0.2) is 0 Å². The second kappa shape index (κ2) is 57.6. The molecule has 628 valence electrons. The number of carbonyl (C=O) groups excluding carboxylic acids is 4. The van der Waals surface area contributed by atoms with Crippen LogP contribution in [-0.4, -0.2) is 414 Å². The second-order valence-corrected chi connectivity index (χ2v) is 26.4. The number of likely N-dealkylation sites (tertiary alicyclic amines) is 1. The van der Waals surface area contributed by atoms with Gasteiger partial charge < -0.3 is 168 Å². The molecule has 0 aromatic rings. The van der Waals surface area contributed by atoms with Crippen LogP contribution in [0.25, 0.3) is 0 Å². The number of carbonyl (C=O) groups is 4. The maximum atomic E-state index is 13.9. The molecule has 0 aromatic carbocycles. The monoisotopic (exact) mass is 1560 g/mol. The van der Waals surface area contributed by atoms with Crippen molar-refractivity contribution in [1.82, 2.24) is 26.2 Å². The van der Waals surface area contributed by atoms with Gasteiger partial charge in [-0.1, -0.05) is 38.5 Å². The standard InChI is InChI=1S/C68H127N5O34/c1-2-92-42-46-37-47(77)38-73(46)55(82)12-10-8-6-4-3-5-7-9-11-54(81)72-68(43-99-19-13-51(78)69-16-22-93-25-28-96-31-34-102-65-62(89)59(86)56(83)48(39-74)105-65,44-100-20-14-52(79)70-17-23-94-26-29-97-32-35-103-66-63(90)60(87)57(84)49(40-75)106-66)45-101-21-15-53(80)71-18-24-95-27-30-98-33-36-104-67-64(91)61(88)58(85)50(41-76)107-67/h46-51,56-67,69,74-78,83-91H,2-45H2,1H3,(H,70,79)(H,71,80)(H,72,81)/t46?,47-,48?,49?,50?,51?,56-,57-,58-,59?,60?,61?,62?,63?,64?,65+,66+,67+,68?/m1/s1. The van der Waals surface area contributed by atoms with E-state index in [0.29, 0.717) is 39.0 Å². The quantitative estimate of drug-likeness (QED) is 0.0199. The molecule has 4 rings (SSSR count).